The molecule has 3 N–H and O–H groups in total. The van der Waals surface area contributed by atoms with E-state index in [4.69, 9.17) is 9.47 Å². The van der Waals surface area contributed by atoms with Crippen LogP contribution in [0, 0.1) is 0 Å². The smallest absolute Gasteiger partial charge is 0.191 e. The molecule has 0 bridgehead atoms. The second-order valence-electron chi connectivity index (χ2n) is 5.02. The molecule has 0 aromatic heterocycles. The molecule has 1 aromatic carbocycles. The van der Waals surface area contributed by atoms with Gasteiger partial charge in [-0.1, -0.05) is 0 Å². The van der Waals surface area contributed by atoms with Gasteiger partial charge in [0.1, 0.15) is 11.5 Å². The molecule has 7 heteroatoms. The van der Waals surface area contributed by atoms with Crippen LogP contribution in [0.3, 0.4) is 0 Å². The zero-order chi connectivity index (χ0) is 16.9. The van der Waals surface area contributed by atoms with Gasteiger partial charge in [0.25, 0.3) is 0 Å². The second-order valence-corrected chi connectivity index (χ2v) is 5.02. The van der Waals surface area contributed by atoms with Gasteiger partial charge in [0.15, 0.2) is 5.96 Å². The van der Waals surface area contributed by atoms with Crippen molar-refractivity contribution in [2.45, 2.75) is 33.2 Å². The minimum absolute atomic E-state index is 0. The number of methoxy groups -OCH3 is 1. The summed E-state index contributed by atoms with van der Waals surface area (Å²) >= 11 is 0. The van der Waals surface area contributed by atoms with E-state index in [1.54, 1.807) is 25.3 Å². The van der Waals surface area contributed by atoms with Gasteiger partial charge in [0, 0.05) is 31.9 Å². The van der Waals surface area contributed by atoms with Crippen LogP contribution in [0.2, 0.25) is 0 Å². The fourth-order valence-electron chi connectivity index (χ4n) is 2.00. The summed E-state index contributed by atoms with van der Waals surface area (Å²) in [4.78, 5) is 4.50. The van der Waals surface area contributed by atoms with Crippen molar-refractivity contribution in [3.05, 3.63) is 23.8 Å². The predicted molar refractivity (Wildman–Crippen MR) is 109 cm³/mol. The molecule has 0 amide bonds. The van der Waals surface area contributed by atoms with E-state index < -0.39 is 0 Å². The molecule has 0 aliphatic rings. The van der Waals surface area contributed by atoms with Gasteiger partial charge in [0.05, 0.1) is 13.7 Å². The Morgan fingerprint density at radius 1 is 1.21 bits per heavy atom. The highest BCUT2D eigenvalue weighted by molar-refractivity contribution is 14.0. The number of guanidine groups is 1. The number of aromatic hydroxyl groups is 1. The highest BCUT2D eigenvalue weighted by Crippen LogP contribution is 2.23. The molecule has 1 aromatic rings. The first-order chi connectivity index (χ1) is 11.2. The van der Waals surface area contributed by atoms with Crippen molar-refractivity contribution in [3.8, 4) is 11.5 Å². The molecule has 0 fully saturated rings. The number of nitrogens with one attached hydrogen (secondary N) is 2. The molecule has 24 heavy (non-hydrogen) atoms. The normalized spacial score (nSPS) is 10.9. The number of ether oxygens (including phenoxy) is 2. The van der Waals surface area contributed by atoms with Crippen LogP contribution in [0.1, 0.15) is 32.3 Å². The molecule has 0 aliphatic heterocycles. The van der Waals surface area contributed by atoms with Crippen LogP contribution >= 0.6 is 24.0 Å². The Balaban J connectivity index is 0.00000529. The number of benzene rings is 1. The average molecular weight is 451 g/mol. The number of hydrogen-bond acceptors (Lipinski definition) is 4. The average Bonchev–Trinajstić information content (AvgIpc) is 2.57. The number of rotatable bonds is 10. The zero-order valence-electron chi connectivity index (χ0n) is 14.8. The lowest BCUT2D eigenvalue weighted by Crippen LogP contribution is -2.37. The number of halogens is 1. The summed E-state index contributed by atoms with van der Waals surface area (Å²) < 4.78 is 10.5. The third-order valence-electron chi connectivity index (χ3n) is 3.25. The van der Waals surface area contributed by atoms with E-state index >= 15 is 0 Å². The van der Waals surface area contributed by atoms with Crippen molar-refractivity contribution in [1.82, 2.24) is 10.6 Å². The number of aliphatic imine (C=N–C) groups is 1. The van der Waals surface area contributed by atoms with Crippen molar-refractivity contribution < 1.29 is 14.6 Å². The summed E-state index contributed by atoms with van der Waals surface area (Å²) in [6, 6.07) is 5.15. The summed E-state index contributed by atoms with van der Waals surface area (Å²) in [5, 5.41) is 16.4. The van der Waals surface area contributed by atoms with Crippen molar-refractivity contribution in [2.75, 3.05) is 33.4 Å². The van der Waals surface area contributed by atoms with E-state index in [2.05, 4.69) is 15.6 Å². The Bertz CT molecular complexity index is 484. The van der Waals surface area contributed by atoms with Gasteiger partial charge in [-0.3, -0.25) is 0 Å². The Hall–Kier alpha value is -1.22. The number of nitrogens with zero attached hydrogens (tertiary/aromatic N) is 1. The molecule has 0 atom stereocenters. The van der Waals surface area contributed by atoms with Crippen LogP contribution < -0.4 is 15.4 Å². The summed E-state index contributed by atoms with van der Waals surface area (Å²) in [6.45, 7) is 7.60. The van der Waals surface area contributed by atoms with Gasteiger partial charge >= 0.3 is 0 Å². The molecule has 0 unspecified atom stereocenters. The van der Waals surface area contributed by atoms with Crippen LogP contribution in [0.15, 0.2) is 23.2 Å². The Morgan fingerprint density at radius 3 is 2.67 bits per heavy atom. The standard InChI is InChI=1S/C17H29N3O3.HI/c1-4-18-17(19-10-6-7-11-23-5-2)20-13-14-12-15(22-3)8-9-16(14)21;/h8-9,12,21H,4-7,10-11,13H2,1-3H3,(H2,18,19,20);1H. The predicted octanol–water partition coefficient (Wildman–Crippen LogP) is 2.89. The quantitative estimate of drug-likeness (QED) is 0.221. The van der Waals surface area contributed by atoms with Crippen LogP contribution in [-0.4, -0.2) is 44.5 Å². The molecule has 6 nitrogen and oxygen atoms in total. The maximum atomic E-state index is 9.89. The van der Waals surface area contributed by atoms with Crippen LogP contribution in [0.25, 0.3) is 0 Å². The molecule has 0 saturated carbocycles. The minimum atomic E-state index is 0. The highest BCUT2D eigenvalue weighted by atomic mass is 127. The van der Waals surface area contributed by atoms with Crippen LogP contribution in [0.4, 0.5) is 0 Å². The number of phenolic OH excluding ortho intramolecular Hbond substituents is 1. The van der Waals surface area contributed by atoms with Crippen LogP contribution in [-0.2, 0) is 11.3 Å². The first-order valence-corrected chi connectivity index (χ1v) is 8.17. The largest absolute Gasteiger partial charge is 0.508 e. The Labute approximate surface area is 162 Å². The molecule has 0 heterocycles. The molecule has 138 valence electrons. The van der Waals surface area contributed by atoms with Crippen molar-refractivity contribution in [1.29, 1.82) is 0 Å². The van der Waals surface area contributed by atoms with E-state index in [9.17, 15) is 5.11 Å². The van der Waals surface area contributed by atoms with Crippen LogP contribution in [0.5, 0.6) is 11.5 Å². The van der Waals surface area contributed by atoms with Crippen molar-refractivity contribution >= 4 is 29.9 Å². The van der Waals surface area contributed by atoms with Gasteiger partial charge in [-0.15, -0.1) is 24.0 Å². The molecule has 0 spiro atoms. The van der Waals surface area contributed by atoms with E-state index in [0.29, 0.717) is 12.3 Å². The molecule has 0 saturated heterocycles. The Kier molecular flexibility index (Phi) is 13.4. The monoisotopic (exact) mass is 451 g/mol. The first-order valence-electron chi connectivity index (χ1n) is 8.17. The van der Waals surface area contributed by atoms with E-state index in [0.717, 1.165) is 50.7 Å². The molecule has 0 aliphatic carbocycles. The molecule has 1 rings (SSSR count). The molecular formula is C17H30IN3O3. The lowest BCUT2D eigenvalue weighted by Gasteiger charge is -2.12. The fourth-order valence-corrected chi connectivity index (χ4v) is 2.00. The summed E-state index contributed by atoms with van der Waals surface area (Å²) in [7, 11) is 1.60. The maximum absolute atomic E-state index is 9.89. The molecular weight excluding hydrogens is 421 g/mol. The first kappa shape index (κ1) is 22.8. The number of unbranched alkanes of at least 4 members (excludes halogenated alkanes) is 1. The maximum Gasteiger partial charge on any atom is 0.191 e. The summed E-state index contributed by atoms with van der Waals surface area (Å²) in [5.41, 5.74) is 0.734. The number of phenols is 1. The second kappa shape index (κ2) is 14.2. The fraction of sp³-hybridized carbons (Fsp3) is 0.588. The van der Waals surface area contributed by atoms with Gasteiger partial charge in [-0.25, -0.2) is 4.99 Å². The van der Waals surface area contributed by atoms with E-state index in [1.165, 1.54) is 0 Å². The lowest BCUT2D eigenvalue weighted by atomic mass is 10.2. The van der Waals surface area contributed by atoms with Gasteiger partial charge in [-0.05, 0) is 44.9 Å². The third-order valence-corrected chi connectivity index (χ3v) is 3.25. The van der Waals surface area contributed by atoms with Gasteiger partial charge in [-0.2, -0.15) is 0 Å². The van der Waals surface area contributed by atoms with Crippen molar-refractivity contribution in [2.24, 2.45) is 4.99 Å². The van der Waals surface area contributed by atoms with Gasteiger partial charge in [0.2, 0.25) is 0 Å². The summed E-state index contributed by atoms with van der Waals surface area (Å²) in [6.07, 6.45) is 2.05. The number of hydrogen-bond donors (Lipinski definition) is 3. The minimum Gasteiger partial charge on any atom is -0.508 e. The third kappa shape index (κ3) is 9.17. The van der Waals surface area contributed by atoms with Crippen molar-refractivity contribution in [3.63, 3.8) is 0 Å². The van der Waals surface area contributed by atoms with E-state index in [-0.39, 0.29) is 29.7 Å². The Morgan fingerprint density at radius 2 is 2.00 bits per heavy atom. The SMILES string of the molecule is CCNC(=NCc1cc(OC)ccc1O)NCCCCOCC.I. The zero-order valence-corrected chi connectivity index (χ0v) is 17.1. The molecule has 0 radical (unpaired) electrons. The highest BCUT2D eigenvalue weighted by Gasteiger charge is 2.04. The summed E-state index contributed by atoms with van der Waals surface area (Å²) in [5.74, 6) is 1.68. The van der Waals surface area contributed by atoms with E-state index in [1.807, 2.05) is 13.8 Å². The van der Waals surface area contributed by atoms with Gasteiger partial charge < -0.3 is 25.2 Å². The lowest BCUT2D eigenvalue weighted by molar-refractivity contribution is 0.143. The topological polar surface area (TPSA) is 75.1 Å².